The summed E-state index contributed by atoms with van der Waals surface area (Å²) in [5, 5.41) is 7.25. The SMILES string of the molecule is CN=C(NCCc1c[nH]c2ccc(F)cc12)NCc1cccc(F)c1. The van der Waals surface area contributed by atoms with Crippen LogP contribution in [-0.2, 0) is 13.0 Å². The number of fused-ring (bicyclic) bond motifs is 1. The first-order valence-corrected chi connectivity index (χ1v) is 8.10. The smallest absolute Gasteiger partial charge is 0.191 e. The van der Waals surface area contributed by atoms with Crippen molar-refractivity contribution in [1.29, 1.82) is 0 Å². The van der Waals surface area contributed by atoms with Gasteiger partial charge in [-0.15, -0.1) is 0 Å². The van der Waals surface area contributed by atoms with Gasteiger partial charge in [0.2, 0.25) is 0 Å². The van der Waals surface area contributed by atoms with Crippen molar-refractivity contribution in [2.45, 2.75) is 13.0 Å². The summed E-state index contributed by atoms with van der Waals surface area (Å²) in [6, 6.07) is 11.2. The van der Waals surface area contributed by atoms with Gasteiger partial charge in [-0.25, -0.2) is 8.78 Å². The van der Waals surface area contributed by atoms with Gasteiger partial charge >= 0.3 is 0 Å². The third-order valence-corrected chi connectivity index (χ3v) is 3.99. The van der Waals surface area contributed by atoms with Crippen LogP contribution in [0.1, 0.15) is 11.1 Å². The van der Waals surface area contributed by atoms with E-state index in [1.165, 1.54) is 24.3 Å². The van der Waals surface area contributed by atoms with Gasteiger partial charge < -0.3 is 15.6 Å². The maximum absolute atomic E-state index is 13.4. The number of aliphatic imine (C=N–C) groups is 1. The predicted octanol–water partition coefficient (Wildman–Crippen LogP) is 3.35. The van der Waals surface area contributed by atoms with Gasteiger partial charge in [-0.05, 0) is 47.9 Å². The Hall–Kier alpha value is -2.89. The molecule has 0 amide bonds. The van der Waals surface area contributed by atoms with Gasteiger partial charge in [-0.1, -0.05) is 12.1 Å². The lowest BCUT2D eigenvalue weighted by atomic mass is 10.1. The molecule has 3 rings (SSSR count). The molecular formula is C19H20F2N4. The molecule has 0 saturated carbocycles. The molecule has 0 aliphatic heterocycles. The van der Waals surface area contributed by atoms with Gasteiger partial charge in [0, 0.05) is 37.2 Å². The van der Waals surface area contributed by atoms with Crippen molar-refractivity contribution in [3.05, 3.63) is 71.4 Å². The van der Waals surface area contributed by atoms with Crippen LogP contribution >= 0.6 is 0 Å². The van der Waals surface area contributed by atoms with E-state index >= 15 is 0 Å². The van der Waals surface area contributed by atoms with E-state index in [9.17, 15) is 8.78 Å². The van der Waals surface area contributed by atoms with Gasteiger partial charge in [0.25, 0.3) is 0 Å². The molecule has 3 aromatic rings. The van der Waals surface area contributed by atoms with E-state index in [0.717, 1.165) is 28.5 Å². The van der Waals surface area contributed by atoms with E-state index in [-0.39, 0.29) is 11.6 Å². The first-order chi connectivity index (χ1) is 12.2. The van der Waals surface area contributed by atoms with Crippen LogP contribution in [0.5, 0.6) is 0 Å². The lowest BCUT2D eigenvalue weighted by Crippen LogP contribution is -2.37. The van der Waals surface area contributed by atoms with E-state index in [4.69, 9.17) is 0 Å². The van der Waals surface area contributed by atoms with E-state index < -0.39 is 0 Å². The van der Waals surface area contributed by atoms with E-state index in [2.05, 4.69) is 20.6 Å². The Kier molecular flexibility index (Phi) is 5.28. The number of rotatable bonds is 5. The highest BCUT2D eigenvalue weighted by atomic mass is 19.1. The highest BCUT2D eigenvalue weighted by molar-refractivity contribution is 5.83. The van der Waals surface area contributed by atoms with E-state index in [0.29, 0.717) is 19.0 Å². The number of benzene rings is 2. The quantitative estimate of drug-likeness (QED) is 0.492. The monoisotopic (exact) mass is 342 g/mol. The van der Waals surface area contributed by atoms with Crippen LogP contribution in [0.25, 0.3) is 10.9 Å². The maximum Gasteiger partial charge on any atom is 0.191 e. The van der Waals surface area contributed by atoms with Crippen molar-refractivity contribution in [3.8, 4) is 0 Å². The van der Waals surface area contributed by atoms with Crippen molar-refractivity contribution in [1.82, 2.24) is 15.6 Å². The van der Waals surface area contributed by atoms with Gasteiger partial charge in [-0.2, -0.15) is 0 Å². The second kappa shape index (κ2) is 7.79. The highest BCUT2D eigenvalue weighted by Crippen LogP contribution is 2.19. The molecule has 0 aliphatic carbocycles. The molecule has 6 heteroatoms. The molecule has 2 aromatic carbocycles. The number of aromatic nitrogens is 1. The molecule has 130 valence electrons. The number of halogens is 2. The first kappa shape index (κ1) is 17.0. The summed E-state index contributed by atoms with van der Waals surface area (Å²) >= 11 is 0. The molecule has 0 atom stereocenters. The standard InChI is InChI=1S/C19H20F2N4/c1-22-19(25-11-13-3-2-4-15(20)9-13)23-8-7-14-12-24-18-6-5-16(21)10-17(14)18/h2-6,9-10,12,24H,7-8,11H2,1H3,(H2,22,23,25). The van der Waals surface area contributed by atoms with Crippen LogP contribution < -0.4 is 10.6 Å². The summed E-state index contributed by atoms with van der Waals surface area (Å²) in [4.78, 5) is 7.30. The summed E-state index contributed by atoms with van der Waals surface area (Å²) in [6.07, 6.45) is 2.62. The lowest BCUT2D eigenvalue weighted by Gasteiger charge is -2.12. The van der Waals surface area contributed by atoms with Crippen LogP contribution in [0.2, 0.25) is 0 Å². The number of nitrogens with zero attached hydrogens (tertiary/aromatic N) is 1. The minimum Gasteiger partial charge on any atom is -0.361 e. The fraction of sp³-hybridized carbons (Fsp3) is 0.211. The van der Waals surface area contributed by atoms with Crippen molar-refractivity contribution >= 4 is 16.9 Å². The first-order valence-electron chi connectivity index (χ1n) is 8.10. The van der Waals surface area contributed by atoms with Gasteiger partial charge in [0.15, 0.2) is 5.96 Å². The molecule has 0 unspecified atom stereocenters. The Morgan fingerprint density at radius 2 is 1.92 bits per heavy atom. The topological polar surface area (TPSA) is 52.2 Å². The van der Waals surface area contributed by atoms with Crippen LogP contribution in [0, 0.1) is 11.6 Å². The zero-order valence-corrected chi connectivity index (χ0v) is 13.9. The number of H-pyrrole nitrogens is 1. The second-order valence-electron chi connectivity index (χ2n) is 5.74. The molecule has 4 nitrogen and oxygen atoms in total. The van der Waals surface area contributed by atoms with Gasteiger partial charge in [-0.3, -0.25) is 4.99 Å². The number of hydrogen-bond donors (Lipinski definition) is 3. The second-order valence-corrected chi connectivity index (χ2v) is 5.74. The van der Waals surface area contributed by atoms with Crippen molar-refractivity contribution in [2.24, 2.45) is 4.99 Å². The fourth-order valence-electron chi connectivity index (χ4n) is 2.73. The number of aromatic amines is 1. The zero-order chi connectivity index (χ0) is 17.6. The Labute approximate surface area is 145 Å². The molecular weight excluding hydrogens is 322 g/mol. The van der Waals surface area contributed by atoms with Crippen molar-refractivity contribution < 1.29 is 8.78 Å². The average Bonchev–Trinajstić information content (AvgIpc) is 3.00. The minimum absolute atomic E-state index is 0.242. The molecule has 1 heterocycles. The highest BCUT2D eigenvalue weighted by Gasteiger charge is 2.05. The van der Waals surface area contributed by atoms with Crippen LogP contribution in [-0.4, -0.2) is 24.5 Å². The van der Waals surface area contributed by atoms with Crippen molar-refractivity contribution in [3.63, 3.8) is 0 Å². The Balaban J connectivity index is 1.53. The summed E-state index contributed by atoms with van der Waals surface area (Å²) in [6.45, 7) is 1.13. The normalized spacial score (nSPS) is 11.7. The summed E-state index contributed by atoms with van der Waals surface area (Å²) < 4.78 is 26.6. The molecule has 0 spiro atoms. The lowest BCUT2D eigenvalue weighted by molar-refractivity contribution is 0.624. The Morgan fingerprint density at radius 3 is 2.72 bits per heavy atom. The molecule has 0 fully saturated rings. The van der Waals surface area contributed by atoms with E-state index in [1.807, 2.05) is 12.3 Å². The Bertz CT molecular complexity index is 886. The summed E-state index contributed by atoms with van der Waals surface area (Å²) in [5.74, 6) is 0.137. The maximum atomic E-state index is 13.4. The average molecular weight is 342 g/mol. The molecule has 25 heavy (non-hydrogen) atoms. The molecule has 0 bridgehead atoms. The van der Waals surface area contributed by atoms with Gasteiger partial charge in [0.1, 0.15) is 11.6 Å². The van der Waals surface area contributed by atoms with Crippen LogP contribution in [0.4, 0.5) is 8.78 Å². The molecule has 0 saturated heterocycles. The molecule has 3 N–H and O–H groups in total. The largest absolute Gasteiger partial charge is 0.361 e. The molecule has 1 aromatic heterocycles. The number of guanidine groups is 1. The fourth-order valence-corrected chi connectivity index (χ4v) is 2.73. The molecule has 0 radical (unpaired) electrons. The molecule has 0 aliphatic rings. The zero-order valence-electron chi connectivity index (χ0n) is 13.9. The van der Waals surface area contributed by atoms with Crippen molar-refractivity contribution in [2.75, 3.05) is 13.6 Å². The van der Waals surface area contributed by atoms with Gasteiger partial charge in [0.05, 0.1) is 0 Å². The minimum atomic E-state index is -0.256. The van der Waals surface area contributed by atoms with Crippen LogP contribution in [0.15, 0.2) is 53.7 Å². The number of hydrogen-bond acceptors (Lipinski definition) is 1. The third-order valence-electron chi connectivity index (χ3n) is 3.99. The number of nitrogens with one attached hydrogen (secondary N) is 3. The Morgan fingerprint density at radius 1 is 1.08 bits per heavy atom. The predicted molar refractivity (Wildman–Crippen MR) is 96.6 cm³/mol. The van der Waals surface area contributed by atoms with Crippen LogP contribution in [0.3, 0.4) is 0 Å². The third kappa shape index (κ3) is 4.35. The van der Waals surface area contributed by atoms with E-state index in [1.54, 1.807) is 19.2 Å². The summed E-state index contributed by atoms with van der Waals surface area (Å²) in [5.41, 5.74) is 2.81. The summed E-state index contributed by atoms with van der Waals surface area (Å²) in [7, 11) is 1.68.